The van der Waals surface area contributed by atoms with Gasteiger partial charge in [-0.2, -0.15) is 11.3 Å². The second kappa shape index (κ2) is 5.30. The molecule has 0 amide bonds. The highest BCUT2D eigenvalue weighted by molar-refractivity contribution is 14.1. The Balaban J connectivity index is 2.53. The molecule has 0 aromatic carbocycles. The van der Waals surface area contributed by atoms with E-state index >= 15 is 0 Å². The molecule has 2 heterocycles. The van der Waals surface area contributed by atoms with Crippen LogP contribution in [0.5, 0.6) is 0 Å². The minimum Gasteiger partial charge on any atom is -0.383 e. The van der Waals surface area contributed by atoms with Crippen molar-refractivity contribution in [3.05, 3.63) is 25.6 Å². The summed E-state index contributed by atoms with van der Waals surface area (Å²) in [6, 6.07) is 0. The third kappa shape index (κ3) is 2.60. The second-order valence-electron chi connectivity index (χ2n) is 3.91. The lowest BCUT2D eigenvalue weighted by atomic mass is 10.2. The number of aryl methyl sites for hydroxylation is 2. The molecule has 2 aromatic heterocycles. The number of anilines is 1. The van der Waals surface area contributed by atoms with Crippen LogP contribution in [-0.4, -0.2) is 9.97 Å². The fraction of sp³-hybridized carbons (Fsp3) is 0.333. The molecule has 2 N–H and O–H groups in total. The molecule has 0 fully saturated rings. The first-order valence-corrected chi connectivity index (χ1v) is 7.50. The maximum absolute atomic E-state index is 5.95. The van der Waals surface area contributed by atoms with Gasteiger partial charge in [0, 0.05) is 10.9 Å². The maximum atomic E-state index is 5.95. The van der Waals surface area contributed by atoms with Gasteiger partial charge in [0.25, 0.3) is 0 Å². The summed E-state index contributed by atoms with van der Waals surface area (Å²) in [6.07, 6.45) is 2.01. The Morgan fingerprint density at radius 1 is 1.35 bits per heavy atom. The zero-order chi connectivity index (χ0) is 12.4. The molecular formula is C12H14IN3S. The van der Waals surface area contributed by atoms with Gasteiger partial charge in [0.15, 0.2) is 5.82 Å². The molecule has 90 valence electrons. The van der Waals surface area contributed by atoms with Crippen molar-refractivity contribution < 1.29 is 0 Å². The topological polar surface area (TPSA) is 51.8 Å². The first-order valence-electron chi connectivity index (χ1n) is 5.48. The minimum absolute atomic E-state index is 0.588. The monoisotopic (exact) mass is 359 g/mol. The van der Waals surface area contributed by atoms with Crippen LogP contribution < -0.4 is 5.73 Å². The lowest BCUT2D eigenvalue weighted by Crippen LogP contribution is -2.05. The summed E-state index contributed by atoms with van der Waals surface area (Å²) < 4.78 is 0.987. The van der Waals surface area contributed by atoms with E-state index in [0.717, 1.165) is 33.5 Å². The molecule has 0 unspecified atom stereocenters. The standard InChI is InChI=1S/C12H14IN3S/c1-3-4-9-10(13)11(14)16-12(15-9)8-6-17-5-7(8)2/h5-6H,3-4H2,1-2H3,(H2,14,15,16). The van der Waals surface area contributed by atoms with Crippen LogP contribution in [-0.2, 0) is 6.42 Å². The van der Waals surface area contributed by atoms with E-state index in [9.17, 15) is 0 Å². The molecule has 0 radical (unpaired) electrons. The van der Waals surface area contributed by atoms with Crippen molar-refractivity contribution in [1.82, 2.24) is 9.97 Å². The van der Waals surface area contributed by atoms with Gasteiger partial charge in [0.2, 0.25) is 0 Å². The van der Waals surface area contributed by atoms with Crippen LogP contribution in [0.2, 0.25) is 0 Å². The van der Waals surface area contributed by atoms with E-state index in [4.69, 9.17) is 5.73 Å². The average molecular weight is 359 g/mol. The number of nitrogens with zero attached hydrogens (tertiary/aromatic N) is 2. The van der Waals surface area contributed by atoms with Gasteiger partial charge in [-0.05, 0) is 46.9 Å². The van der Waals surface area contributed by atoms with E-state index in [1.165, 1.54) is 5.56 Å². The van der Waals surface area contributed by atoms with E-state index < -0.39 is 0 Å². The average Bonchev–Trinajstić information content (AvgIpc) is 2.71. The highest BCUT2D eigenvalue weighted by atomic mass is 127. The molecule has 0 bridgehead atoms. The summed E-state index contributed by atoms with van der Waals surface area (Å²) in [5.41, 5.74) is 9.31. The third-order valence-corrected chi connectivity index (χ3v) is 4.57. The van der Waals surface area contributed by atoms with Gasteiger partial charge in [-0.25, -0.2) is 9.97 Å². The second-order valence-corrected chi connectivity index (χ2v) is 5.73. The van der Waals surface area contributed by atoms with E-state index in [1.54, 1.807) is 11.3 Å². The van der Waals surface area contributed by atoms with Gasteiger partial charge in [-0.15, -0.1) is 0 Å². The van der Waals surface area contributed by atoms with Crippen molar-refractivity contribution in [2.45, 2.75) is 26.7 Å². The highest BCUT2D eigenvalue weighted by Gasteiger charge is 2.12. The minimum atomic E-state index is 0.588. The molecule has 0 saturated heterocycles. The van der Waals surface area contributed by atoms with Gasteiger partial charge >= 0.3 is 0 Å². The van der Waals surface area contributed by atoms with Gasteiger partial charge in [0.05, 0.1) is 9.26 Å². The summed E-state index contributed by atoms with van der Waals surface area (Å²) in [5.74, 6) is 1.34. The van der Waals surface area contributed by atoms with Crippen molar-refractivity contribution in [2.75, 3.05) is 5.73 Å². The van der Waals surface area contributed by atoms with Gasteiger partial charge < -0.3 is 5.73 Å². The number of aromatic nitrogens is 2. The summed E-state index contributed by atoms with van der Waals surface area (Å²) in [4.78, 5) is 9.02. The predicted molar refractivity (Wildman–Crippen MR) is 81.2 cm³/mol. The van der Waals surface area contributed by atoms with Crippen molar-refractivity contribution in [3.63, 3.8) is 0 Å². The SMILES string of the molecule is CCCc1nc(-c2cscc2C)nc(N)c1I. The Morgan fingerprint density at radius 3 is 2.71 bits per heavy atom. The van der Waals surface area contributed by atoms with Crippen LogP contribution in [0.1, 0.15) is 24.6 Å². The number of thiophene rings is 1. The van der Waals surface area contributed by atoms with Crippen LogP contribution in [0.3, 0.4) is 0 Å². The quantitative estimate of drug-likeness (QED) is 0.851. The smallest absolute Gasteiger partial charge is 0.162 e. The predicted octanol–water partition coefficient (Wildman–Crippen LogP) is 3.65. The highest BCUT2D eigenvalue weighted by Crippen LogP contribution is 2.27. The molecule has 0 atom stereocenters. The van der Waals surface area contributed by atoms with Crippen LogP contribution >= 0.6 is 33.9 Å². The molecule has 17 heavy (non-hydrogen) atoms. The van der Waals surface area contributed by atoms with Gasteiger partial charge in [-0.3, -0.25) is 0 Å². The van der Waals surface area contributed by atoms with Crippen molar-refractivity contribution in [3.8, 4) is 11.4 Å². The van der Waals surface area contributed by atoms with Gasteiger partial charge in [-0.1, -0.05) is 13.3 Å². The number of hydrogen-bond donors (Lipinski definition) is 1. The number of nitrogen functional groups attached to an aromatic ring is 1. The van der Waals surface area contributed by atoms with E-state index in [-0.39, 0.29) is 0 Å². The molecule has 0 spiro atoms. The molecule has 0 saturated carbocycles. The molecule has 0 aliphatic carbocycles. The number of nitrogens with two attached hydrogens (primary N) is 1. The summed E-state index contributed by atoms with van der Waals surface area (Å²) in [7, 11) is 0. The molecule has 0 aliphatic rings. The Labute approximate surface area is 119 Å². The van der Waals surface area contributed by atoms with Crippen molar-refractivity contribution >= 4 is 39.7 Å². The molecular weight excluding hydrogens is 345 g/mol. The first-order chi connectivity index (χ1) is 8.13. The van der Waals surface area contributed by atoms with Crippen LogP contribution in [0, 0.1) is 10.5 Å². The van der Waals surface area contributed by atoms with Crippen molar-refractivity contribution in [1.29, 1.82) is 0 Å². The fourth-order valence-corrected chi connectivity index (χ4v) is 2.96. The lowest BCUT2D eigenvalue weighted by molar-refractivity contribution is 0.869. The lowest BCUT2D eigenvalue weighted by Gasteiger charge is -2.08. The summed E-state index contributed by atoms with van der Waals surface area (Å²) >= 11 is 3.89. The number of rotatable bonds is 3. The van der Waals surface area contributed by atoms with Crippen LogP contribution in [0.25, 0.3) is 11.4 Å². The number of hydrogen-bond acceptors (Lipinski definition) is 4. The van der Waals surface area contributed by atoms with Crippen LogP contribution in [0.15, 0.2) is 10.8 Å². The normalized spacial score (nSPS) is 10.8. The maximum Gasteiger partial charge on any atom is 0.162 e. The first kappa shape index (κ1) is 12.8. The summed E-state index contributed by atoms with van der Waals surface area (Å²) in [6.45, 7) is 4.22. The summed E-state index contributed by atoms with van der Waals surface area (Å²) in [5, 5.41) is 4.18. The Hall–Kier alpha value is -0.690. The Bertz CT molecular complexity index is 537. The molecule has 3 nitrogen and oxygen atoms in total. The van der Waals surface area contributed by atoms with Crippen LogP contribution in [0.4, 0.5) is 5.82 Å². The van der Waals surface area contributed by atoms with Gasteiger partial charge in [0.1, 0.15) is 5.82 Å². The largest absolute Gasteiger partial charge is 0.383 e. The number of halogens is 1. The molecule has 2 aromatic rings. The third-order valence-electron chi connectivity index (χ3n) is 2.53. The van der Waals surface area contributed by atoms with E-state index in [2.05, 4.69) is 57.2 Å². The molecule has 5 heteroatoms. The zero-order valence-corrected chi connectivity index (χ0v) is 12.8. The zero-order valence-electron chi connectivity index (χ0n) is 9.83. The Morgan fingerprint density at radius 2 is 2.12 bits per heavy atom. The molecule has 0 aliphatic heterocycles. The van der Waals surface area contributed by atoms with E-state index in [0.29, 0.717) is 5.82 Å². The fourth-order valence-electron chi connectivity index (χ4n) is 1.63. The van der Waals surface area contributed by atoms with Crippen molar-refractivity contribution in [2.24, 2.45) is 0 Å². The van der Waals surface area contributed by atoms with E-state index in [1.807, 2.05) is 0 Å². The molecule has 2 rings (SSSR count). The Kier molecular flexibility index (Phi) is 3.98.